The molecule has 2 amide bonds. The van der Waals surface area contributed by atoms with Gasteiger partial charge in [0.15, 0.2) is 0 Å². The standard InChI is InChI=1S/C34H40N6O3/c1-2-3-12-33(43)39(23-26-8-4-5-9-26)24-27-13-18-28(19-14-27)30-10-6-7-11-31(30)34-35-37-38-40(34)36-32(42)22-17-25-15-20-29(41)21-16-25/h6-7,10-11,13-16,18-21,26,41H,2-5,8-9,12,17,22-24H2,1H3,(H,36,42). The number of carbonyl (C=O) groups excluding carboxylic acids is 2. The number of hydrogen-bond donors (Lipinski definition) is 2. The number of hydrogen-bond acceptors (Lipinski definition) is 6. The maximum atomic E-state index is 13.1. The Kier molecular flexibility index (Phi) is 10.2. The fraction of sp³-hybridized carbons (Fsp3) is 0.382. The highest BCUT2D eigenvalue weighted by Crippen LogP contribution is 2.31. The monoisotopic (exact) mass is 580 g/mol. The molecule has 1 heterocycles. The number of phenols is 1. The van der Waals surface area contributed by atoms with Gasteiger partial charge < -0.3 is 10.0 Å². The van der Waals surface area contributed by atoms with Crippen LogP contribution in [0.2, 0.25) is 0 Å². The van der Waals surface area contributed by atoms with Gasteiger partial charge in [-0.15, -0.1) is 9.89 Å². The number of nitrogens with one attached hydrogen (secondary N) is 1. The molecule has 4 aromatic rings. The summed E-state index contributed by atoms with van der Waals surface area (Å²) < 4.78 is 0. The molecular formula is C34H40N6O3. The molecule has 1 aromatic heterocycles. The number of rotatable bonds is 13. The van der Waals surface area contributed by atoms with Crippen molar-refractivity contribution in [2.45, 2.75) is 71.3 Å². The second kappa shape index (κ2) is 14.6. The Morgan fingerprint density at radius 2 is 1.63 bits per heavy atom. The lowest BCUT2D eigenvalue weighted by atomic mass is 9.98. The number of nitrogens with zero attached hydrogens (tertiary/aromatic N) is 5. The van der Waals surface area contributed by atoms with Crippen LogP contribution >= 0.6 is 0 Å². The summed E-state index contributed by atoms with van der Waals surface area (Å²) in [5, 5.41) is 21.5. The molecular weight excluding hydrogens is 540 g/mol. The largest absolute Gasteiger partial charge is 0.508 e. The SMILES string of the molecule is CCCCC(=O)N(Cc1ccc(-c2ccccc2-c2nnnn2NC(=O)CCc2ccc(O)cc2)cc1)CC1CCCC1. The summed E-state index contributed by atoms with van der Waals surface area (Å²) in [6.07, 6.45) is 8.28. The van der Waals surface area contributed by atoms with Gasteiger partial charge in [0, 0.05) is 31.5 Å². The summed E-state index contributed by atoms with van der Waals surface area (Å²) >= 11 is 0. The van der Waals surface area contributed by atoms with Gasteiger partial charge in [-0.1, -0.05) is 86.8 Å². The van der Waals surface area contributed by atoms with E-state index >= 15 is 0 Å². The van der Waals surface area contributed by atoms with E-state index in [0.717, 1.165) is 47.2 Å². The summed E-state index contributed by atoms with van der Waals surface area (Å²) in [6.45, 7) is 3.59. The Labute approximate surface area is 252 Å². The zero-order chi connectivity index (χ0) is 30.0. The second-order valence-corrected chi connectivity index (χ2v) is 11.4. The lowest BCUT2D eigenvalue weighted by molar-refractivity contribution is -0.132. The first kappa shape index (κ1) is 29.9. The van der Waals surface area contributed by atoms with Crippen LogP contribution in [0.1, 0.15) is 69.4 Å². The van der Waals surface area contributed by atoms with E-state index in [1.54, 1.807) is 24.3 Å². The van der Waals surface area contributed by atoms with E-state index in [2.05, 4.69) is 57.0 Å². The van der Waals surface area contributed by atoms with Gasteiger partial charge >= 0.3 is 0 Å². The average Bonchev–Trinajstić information content (AvgIpc) is 3.72. The Morgan fingerprint density at radius 1 is 0.930 bits per heavy atom. The molecule has 224 valence electrons. The molecule has 3 aromatic carbocycles. The smallest absolute Gasteiger partial charge is 0.240 e. The van der Waals surface area contributed by atoms with Crippen LogP contribution in [0.25, 0.3) is 22.5 Å². The van der Waals surface area contributed by atoms with Crippen molar-refractivity contribution in [2.75, 3.05) is 12.0 Å². The van der Waals surface area contributed by atoms with Gasteiger partial charge in [-0.25, -0.2) is 5.43 Å². The van der Waals surface area contributed by atoms with E-state index in [1.165, 1.54) is 30.5 Å². The molecule has 9 nitrogen and oxygen atoms in total. The number of carbonyl (C=O) groups is 2. The molecule has 0 atom stereocenters. The van der Waals surface area contributed by atoms with Gasteiger partial charge in [-0.3, -0.25) is 9.59 Å². The predicted molar refractivity (Wildman–Crippen MR) is 166 cm³/mol. The van der Waals surface area contributed by atoms with Crippen molar-refractivity contribution in [3.05, 3.63) is 83.9 Å². The fourth-order valence-corrected chi connectivity index (χ4v) is 5.71. The summed E-state index contributed by atoms with van der Waals surface area (Å²) in [5.41, 5.74) is 7.56. The van der Waals surface area contributed by atoms with Gasteiger partial charge in [0.05, 0.1) is 0 Å². The molecule has 0 unspecified atom stereocenters. The first-order valence-electron chi connectivity index (χ1n) is 15.3. The fourth-order valence-electron chi connectivity index (χ4n) is 5.71. The minimum atomic E-state index is -0.223. The summed E-state index contributed by atoms with van der Waals surface area (Å²) in [6, 6.07) is 23.0. The minimum absolute atomic E-state index is 0.193. The van der Waals surface area contributed by atoms with Crippen LogP contribution in [0.3, 0.4) is 0 Å². The summed E-state index contributed by atoms with van der Waals surface area (Å²) in [7, 11) is 0. The lowest BCUT2D eigenvalue weighted by Crippen LogP contribution is -2.34. The topological polar surface area (TPSA) is 113 Å². The lowest BCUT2D eigenvalue weighted by Gasteiger charge is -2.26. The molecule has 0 spiro atoms. The van der Waals surface area contributed by atoms with Crippen LogP contribution in [-0.4, -0.2) is 48.7 Å². The molecule has 1 saturated carbocycles. The van der Waals surface area contributed by atoms with Crippen molar-refractivity contribution in [3.8, 4) is 28.3 Å². The van der Waals surface area contributed by atoms with Crippen molar-refractivity contribution in [2.24, 2.45) is 5.92 Å². The van der Waals surface area contributed by atoms with Gasteiger partial charge in [-0.2, -0.15) is 0 Å². The third kappa shape index (κ3) is 8.06. The Balaban J connectivity index is 1.28. The first-order valence-corrected chi connectivity index (χ1v) is 15.3. The summed E-state index contributed by atoms with van der Waals surface area (Å²) in [4.78, 5) is 29.2. The number of tetrazole rings is 1. The van der Waals surface area contributed by atoms with E-state index in [1.807, 2.05) is 24.3 Å². The minimum Gasteiger partial charge on any atom is -0.508 e. The van der Waals surface area contributed by atoms with E-state index in [-0.39, 0.29) is 24.0 Å². The second-order valence-electron chi connectivity index (χ2n) is 11.4. The summed E-state index contributed by atoms with van der Waals surface area (Å²) in [5.74, 6) is 1.26. The molecule has 5 rings (SSSR count). The Hall–Kier alpha value is -4.53. The number of unbranched alkanes of at least 4 members (excludes halogenated alkanes) is 1. The zero-order valence-electron chi connectivity index (χ0n) is 24.8. The Morgan fingerprint density at radius 3 is 2.35 bits per heavy atom. The molecule has 1 fully saturated rings. The van der Waals surface area contributed by atoms with Crippen molar-refractivity contribution in [3.63, 3.8) is 0 Å². The number of aromatic hydroxyl groups is 1. The predicted octanol–water partition coefficient (Wildman–Crippen LogP) is 6.12. The maximum absolute atomic E-state index is 13.1. The molecule has 2 N–H and O–H groups in total. The van der Waals surface area contributed by atoms with Crippen LogP contribution in [0.4, 0.5) is 0 Å². The first-order chi connectivity index (χ1) is 21.0. The van der Waals surface area contributed by atoms with Crippen molar-refractivity contribution in [1.82, 2.24) is 25.2 Å². The highest BCUT2D eigenvalue weighted by molar-refractivity contribution is 5.85. The molecule has 9 heteroatoms. The molecule has 0 bridgehead atoms. The van der Waals surface area contributed by atoms with Crippen LogP contribution in [-0.2, 0) is 22.6 Å². The quantitative estimate of drug-likeness (QED) is 0.197. The third-order valence-electron chi connectivity index (χ3n) is 8.13. The molecule has 1 aliphatic carbocycles. The van der Waals surface area contributed by atoms with Crippen LogP contribution < -0.4 is 5.43 Å². The van der Waals surface area contributed by atoms with E-state index in [0.29, 0.717) is 31.1 Å². The number of aryl methyl sites for hydroxylation is 1. The van der Waals surface area contributed by atoms with Gasteiger partial charge in [0.25, 0.3) is 0 Å². The van der Waals surface area contributed by atoms with E-state index in [9.17, 15) is 14.7 Å². The molecule has 1 aliphatic rings. The van der Waals surface area contributed by atoms with Gasteiger partial charge in [-0.05, 0) is 76.4 Å². The van der Waals surface area contributed by atoms with Gasteiger partial charge in [0.1, 0.15) is 5.75 Å². The number of phenolic OH excluding ortho intramolecular Hbond substituents is 1. The normalized spacial score (nSPS) is 13.2. The molecule has 43 heavy (non-hydrogen) atoms. The molecule has 0 aliphatic heterocycles. The average molecular weight is 581 g/mol. The van der Waals surface area contributed by atoms with E-state index < -0.39 is 0 Å². The number of aromatic nitrogens is 4. The van der Waals surface area contributed by atoms with E-state index in [4.69, 9.17) is 0 Å². The van der Waals surface area contributed by atoms with Crippen LogP contribution in [0.5, 0.6) is 5.75 Å². The van der Waals surface area contributed by atoms with Crippen LogP contribution in [0.15, 0.2) is 72.8 Å². The highest BCUT2D eigenvalue weighted by Gasteiger charge is 2.22. The highest BCUT2D eigenvalue weighted by atomic mass is 16.3. The van der Waals surface area contributed by atoms with Crippen molar-refractivity contribution >= 4 is 11.8 Å². The van der Waals surface area contributed by atoms with Crippen LogP contribution in [0, 0.1) is 5.92 Å². The number of benzene rings is 3. The third-order valence-corrected chi connectivity index (χ3v) is 8.13. The van der Waals surface area contributed by atoms with Crippen molar-refractivity contribution < 1.29 is 14.7 Å². The zero-order valence-corrected chi connectivity index (χ0v) is 24.8. The van der Waals surface area contributed by atoms with Crippen molar-refractivity contribution in [1.29, 1.82) is 0 Å². The van der Waals surface area contributed by atoms with Gasteiger partial charge in [0.2, 0.25) is 17.6 Å². The number of amides is 2. The maximum Gasteiger partial charge on any atom is 0.240 e. The molecule has 0 radical (unpaired) electrons. The molecule has 0 saturated heterocycles. The Bertz CT molecular complexity index is 1490.